The first-order valence-electron chi connectivity index (χ1n) is 6.32. The van der Waals surface area contributed by atoms with Crippen LogP contribution >= 0.6 is 23.4 Å². The molecule has 0 atom stereocenters. The van der Waals surface area contributed by atoms with Gasteiger partial charge in [-0.15, -0.1) is 0 Å². The molecule has 0 bridgehead atoms. The molecule has 3 aromatic rings. The summed E-state index contributed by atoms with van der Waals surface area (Å²) < 4.78 is 0. The SMILES string of the molecule is CNCc1cccc(Cl)c1Sc1nc2ccccc2[nH]1. The van der Waals surface area contributed by atoms with Crippen molar-refractivity contribution in [2.24, 2.45) is 0 Å². The Morgan fingerprint density at radius 2 is 2.05 bits per heavy atom. The van der Waals surface area contributed by atoms with Gasteiger partial charge in [0.2, 0.25) is 0 Å². The summed E-state index contributed by atoms with van der Waals surface area (Å²) in [6.45, 7) is 0.781. The first-order chi connectivity index (χ1) is 9.78. The maximum absolute atomic E-state index is 6.32. The summed E-state index contributed by atoms with van der Waals surface area (Å²) in [5.41, 5.74) is 3.18. The van der Waals surface area contributed by atoms with Gasteiger partial charge in [-0.25, -0.2) is 4.98 Å². The van der Waals surface area contributed by atoms with Crippen molar-refractivity contribution in [3.63, 3.8) is 0 Å². The van der Waals surface area contributed by atoms with E-state index in [1.165, 1.54) is 5.56 Å². The number of H-pyrrole nitrogens is 1. The van der Waals surface area contributed by atoms with E-state index >= 15 is 0 Å². The number of para-hydroxylation sites is 2. The molecule has 0 radical (unpaired) electrons. The molecule has 102 valence electrons. The molecular weight excluding hydrogens is 290 g/mol. The van der Waals surface area contributed by atoms with Crippen molar-refractivity contribution in [2.45, 2.75) is 16.6 Å². The van der Waals surface area contributed by atoms with Crippen LogP contribution in [0.4, 0.5) is 0 Å². The summed E-state index contributed by atoms with van der Waals surface area (Å²) in [6, 6.07) is 14.0. The Kier molecular flexibility index (Phi) is 3.96. The van der Waals surface area contributed by atoms with Gasteiger partial charge >= 0.3 is 0 Å². The zero-order valence-electron chi connectivity index (χ0n) is 11.0. The van der Waals surface area contributed by atoms with Crippen molar-refractivity contribution in [2.75, 3.05) is 7.05 Å². The molecule has 2 aromatic carbocycles. The summed E-state index contributed by atoms with van der Waals surface area (Å²) in [6.07, 6.45) is 0. The standard InChI is InChI=1S/C15H14ClN3S/c1-17-9-10-5-4-6-11(16)14(10)20-15-18-12-7-2-3-8-13(12)19-15/h2-8,17H,9H2,1H3,(H,18,19). The Morgan fingerprint density at radius 3 is 2.85 bits per heavy atom. The van der Waals surface area contributed by atoms with E-state index in [0.717, 1.165) is 32.7 Å². The van der Waals surface area contributed by atoms with Gasteiger partial charge in [-0.1, -0.05) is 35.9 Å². The van der Waals surface area contributed by atoms with Crippen LogP contribution in [0.15, 0.2) is 52.5 Å². The third-order valence-corrected chi connectivity index (χ3v) is 4.48. The highest BCUT2D eigenvalue weighted by Crippen LogP contribution is 2.35. The average Bonchev–Trinajstić information content (AvgIpc) is 2.85. The monoisotopic (exact) mass is 303 g/mol. The molecule has 0 unspecified atom stereocenters. The molecule has 0 aliphatic heterocycles. The summed E-state index contributed by atoms with van der Waals surface area (Å²) >= 11 is 7.89. The predicted molar refractivity (Wildman–Crippen MR) is 84.4 cm³/mol. The first kappa shape index (κ1) is 13.5. The molecule has 1 aromatic heterocycles. The van der Waals surface area contributed by atoms with Gasteiger partial charge < -0.3 is 10.3 Å². The van der Waals surface area contributed by atoms with E-state index in [2.05, 4.69) is 21.4 Å². The van der Waals surface area contributed by atoms with E-state index in [0.29, 0.717) is 0 Å². The number of nitrogens with one attached hydrogen (secondary N) is 2. The molecule has 0 fully saturated rings. The summed E-state index contributed by atoms with van der Waals surface area (Å²) in [5, 5.41) is 4.77. The van der Waals surface area contributed by atoms with Crippen molar-refractivity contribution in [1.29, 1.82) is 0 Å². The number of hydrogen-bond acceptors (Lipinski definition) is 3. The molecule has 20 heavy (non-hydrogen) atoms. The van der Waals surface area contributed by atoms with Crippen molar-refractivity contribution in [1.82, 2.24) is 15.3 Å². The van der Waals surface area contributed by atoms with Crippen molar-refractivity contribution >= 4 is 34.4 Å². The number of hydrogen-bond donors (Lipinski definition) is 2. The van der Waals surface area contributed by atoms with Crippen molar-refractivity contribution in [3.05, 3.63) is 53.1 Å². The van der Waals surface area contributed by atoms with Gasteiger partial charge in [-0.05, 0) is 42.6 Å². The largest absolute Gasteiger partial charge is 0.333 e. The topological polar surface area (TPSA) is 40.7 Å². The van der Waals surface area contributed by atoms with Crippen LogP contribution in [0, 0.1) is 0 Å². The van der Waals surface area contributed by atoms with Crippen LogP contribution in [0.2, 0.25) is 5.02 Å². The molecule has 2 N–H and O–H groups in total. The maximum atomic E-state index is 6.32. The van der Waals surface area contributed by atoms with E-state index < -0.39 is 0 Å². The van der Waals surface area contributed by atoms with E-state index in [4.69, 9.17) is 11.6 Å². The van der Waals surface area contributed by atoms with Crippen LogP contribution in [0.1, 0.15) is 5.56 Å². The Bertz CT molecular complexity index is 706. The van der Waals surface area contributed by atoms with E-state index in [1.807, 2.05) is 43.4 Å². The zero-order chi connectivity index (χ0) is 13.9. The van der Waals surface area contributed by atoms with Gasteiger partial charge in [0.25, 0.3) is 0 Å². The number of aromatic amines is 1. The van der Waals surface area contributed by atoms with Crippen LogP contribution in [0.5, 0.6) is 0 Å². The number of nitrogens with zero attached hydrogens (tertiary/aromatic N) is 1. The van der Waals surface area contributed by atoms with Crippen molar-refractivity contribution < 1.29 is 0 Å². The minimum absolute atomic E-state index is 0.753. The Morgan fingerprint density at radius 1 is 1.20 bits per heavy atom. The van der Waals surface area contributed by atoms with Gasteiger partial charge in [-0.2, -0.15) is 0 Å². The second kappa shape index (κ2) is 5.87. The fourth-order valence-corrected chi connectivity index (χ4v) is 3.32. The fraction of sp³-hybridized carbons (Fsp3) is 0.133. The lowest BCUT2D eigenvalue weighted by molar-refractivity contribution is 0.803. The second-order valence-electron chi connectivity index (χ2n) is 4.42. The molecule has 0 saturated carbocycles. The minimum Gasteiger partial charge on any atom is -0.333 e. The van der Waals surface area contributed by atoms with Gasteiger partial charge in [0.15, 0.2) is 5.16 Å². The molecular formula is C15H14ClN3S. The fourth-order valence-electron chi connectivity index (χ4n) is 2.07. The van der Waals surface area contributed by atoms with Crippen LogP contribution < -0.4 is 5.32 Å². The normalized spacial score (nSPS) is 11.1. The van der Waals surface area contributed by atoms with Gasteiger partial charge in [0, 0.05) is 11.4 Å². The average molecular weight is 304 g/mol. The number of rotatable bonds is 4. The van der Waals surface area contributed by atoms with Gasteiger partial charge in [0.1, 0.15) is 0 Å². The maximum Gasteiger partial charge on any atom is 0.171 e. The second-order valence-corrected chi connectivity index (χ2v) is 5.83. The molecule has 3 nitrogen and oxygen atoms in total. The Labute approximate surface area is 126 Å². The summed E-state index contributed by atoms with van der Waals surface area (Å²) in [4.78, 5) is 8.94. The van der Waals surface area contributed by atoms with Crippen LogP contribution in [0.25, 0.3) is 11.0 Å². The quantitative estimate of drug-likeness (QED) is 0.763. The van der Waals surface area contributed by atoms with Crippen LogP contribution in [-0.4, -0.2) is 17.0 Å². The molecule has 0 spiro atoms. The van der Waals surface area contributed by atoms with Crippen LogP contribution in [-0.2, 0) is 6.54 Å². The Hall–Kier alpha value is -1.49. The number of benzene rings is 2. The Balaban J connectivity index is 1.97. The highest BCUT2D eigenvalue weighted by Gasteiger charge is 2.11. The lowest BCUT2D eigenvalue weighted by Crippen LogP contribution is -2.06. The lowest BCUT2D eigenvalue weighted by Gasteiger charge is -2.09. The molecule has 0 amide bonds. The summed E-state index contributed by atoms with van der Waals surface area (Å²) in [5.74, 6) is 0. The molecule has 0 aliphatic carbocycles. The first-order valence-corrected chi connectivity index (χ1v) is 7.52. The predicted octanol–water partition coefficient (Wildman–Crippen LogP) is 4.09. The van der Waals surface area contributed by atoms with E-state index in [-0.39, 0.29) is 0 Å². The smallest absolute Gasteiger partial charge is 0.171 e. The van der Waals surface area contributed by atoms with E-state index in [9.17, 15) is 0 Å². The molecule has 5 heteroatoms. The number of fused-ring (bicyclic) bond motifs is 1. The highest BCUT2D eigenvalue weighted by atomic mass is 35.5. The van der Waals surface area contributed by atoms with Crippen molar-refractivity contribution in [3.8, 4) is 0 Å². The van der Waals surface area contributed by atoms with E-state index in [1.54, 1.807) is 11.8 Å². The number of halogens is 1. The number of aromatic nitrogens is 2. The van der Waals surface area contributed by atoms with Gasteiger partial charge in [0.05, 0.1) is 16.1 Å². The number of imidazole rings is 1. The highest BCUT2D eigenvalue weighted by molar-refractivity contribution is 7.99. The van der Waals surface area contributed by atoms with Crippen LogP contribution in [0.3, 0.4) is 0 Å². The molecule has 0 aliphatic rings. The summed E-state index contributed by atoms with van der Waals surface area (Å²) in [7, 11) is 1.93. The zero-order valence-corrected chi connectivity index (χ0v) is 12.6. The third kappa shape index (κ3) is 2.68. The minimum atomic E-state index is 0.753. The van der Waals surface area contributed by atoms with Gasteiger partial charge in [-0.3, -0.25) is 0 Å². The third-order valence-electron chi connectivity index (χ3n) is 2.98. The molecule has 0 saturated heterocycles. The molecule has 3 rings (SSSR count). The molecule has 1 heterocycles. The lowest BCUT2D eigenvalue weighted by atomic mass is 10.2.